The summed E-state index contributed by atoms with van der Waals surface area (Å²) in [5.41, 5.74) is 0. The van der Waals surface area contributed by atoms with Crippen molar-refractivity contribution in [3.63, 3.8) is 0 Å². The average molecular weight is 548 g/mol. The van der Waals surface area contributed by atoms with Gasteiger partial charge in [0, 0.05) is 0 Å². The third-order valence-corrected chi connectivity index (χ3v) is 12.9. The summed E-state index contributed by atoms with van der Waals surface area (Å²) in [5.74, 6) is 0. The van der Waals surface area contributed by atoms with E-state index in [-0.39, 0.29) is 20.4 Å². The van der Waals surface area contributed by atoms with Crippen LogP contribution in [0.1, 0.15) is 0 Å². The van der Waals surface area contributed by atoms with Crippen molar-refractivity contribution in [2.75, 3.05) is 0 Å². The molecular formula is C26H12S3Te. The summed E-state index contributed by atoms with van der Waals surface area (Å²) in [7, 11) is 0. The standard InChI is InChI=1S/C26H12S3Te/c1-3-27-21-9-17-11-23-19(7-15(17)5-13(1)21)26-25(29-23)20-8-16-6-14-2-4-28-22(14)10-18(16)12-24(20)30-26/h1-12H. The van der Waals surface area contributed by atoms with Gasteiger partial charge in [-0.2, -0.15) is 0 Å². The van der Waals surface area contributed by atoms with Gasteiger partial charge in [0.1, 0.15) is 0 Å². The van der Waals surface area contributed by atoms with Crippen LogP contribution in [-0.2, 0) is 0 Å². The van der Waals surface area contributed by atoms with Gasteiger partial charge in [-0.15, -0.1) is 0 Å². The van der Waals surface area contributed by atoms with Crippen molar-refractivity contribution in [1.29, 1.82) is 0 Å². The van der Waals surface area contributed by atoms with Crippen LogP contribution in [0.5, 0.6) is 0 Å². The second-order valence-corrected chi connectivity index (χ2v) is 13.8. The molecule has 0 aliphatic rings. The van der Waals surface area contributed by atoms with E-state index in [4.69, 9.17) is 0 Å². The molecule has 0 aliphatic carbocycles. The van der Waals surface area contributed by atoms with Gasteiger partial charge in [0.05, 0.1) is 0 Å². The minimum absolute atomic E-state index is 0.351. The van der Waals surface area contributed by atoms with Crippen molar-refractivity contribution in [2.24, 2.45) is 0 Å². The van der Waals surface area contributed by atoms with Gasteiger partial charge in [0.2, 0.25) is 0 Å². The number of benzene rings is 4. The van der Waals surface area contributed by atoms with Crippen molar-refractivity contribution in [3.05, 3.63) is 71.4 Å². The monoisotopic (exact) mass is 550 g/mol. The Balaban J connectivity index is 1.49. The van der Waals surface area contributed by atoms with Gasteiger partial charge in [-0.25, -0.2) is 0 Å². The Hall–Kier alpha value is -1.93. The number of hydrogen-bond acceptors (Lipinski definition) is 3. The molecule has 0 amide bonds. The summed E-state index contributed by atoms with van der Waals surface area (Å²) < 4.78 is 9.03. The molecule has 0 bridgehead atoms. The summed E-state index contributed by atoms with van der Waals surface area (Å²) in [6.45, 7) is 0. The first-order chi connectivity index (χ1) is 14.8. The molecule has 140 valence electrons. The van der Waals surface area contributed by atoms with Gasteiger partial charge in [-0.1, -0.05) is 0 Å². The van der Waals surface area contributed by atoms with E-state index in [0.717, 1.165) is 0 Å². The van der Waals surface area contributed by atoms with Gasteiger partial charge < -0.3 is 0 Å². The van der Waals surface area contributed by atoms with E-state index in [2.05, 4.69) is 71.4 Å². The fraction of sp³-hybridized carbons (Fsp3) is 0. The van der Waals surface area contributed by atoms with Crippen LogP contribution < -0.4 is 0 Å². The predicted octanol–water partition coefficient (Wildman–Crippen LogP) is 9.00. The molecule has 0 aliphatic heterocycles. The van der Waals surface area contributed by atoms with E-state index in [1.54, 1.807) is 6.80 Å². The molecule has 0 saturated heterocycles. The quantitative estimate of drug-likeness (QED) is 0.166. The van der Waals surface area contributed by atoms with Crippen LogP contribution in [0.25, 0.3) is 68.7 Å². The first kappa shape index (κ1) is 16.7. The van der Waals surface area contributed by atoms with Crippen LogP contribution in [0.4, 0.5) is 0 Å². The number of thiophene rings is 3. The zero-order valence-corrected chi connectivity index (χ0v) is 20.3. The third-order valence-electron chi connectivity index (χ3n) is 6.14. The summed E-state index contributed by atoms with van der Waals surface area (Å²) in [6.07, 6.45) is 0. The molecule has 4 heterocycles. The average Bonchev–Trinajstić information content (AvgIpc) is 3.51. The van der Waals surface area contributed by atoms with E-state index in [9.17, 15) is 0 Å². The number of rotatable bonds is 0. The Morgan fingerprint density at radius 2 is 1.13 bits per heavy atom. The summed E-state index contributed by atoms with van der Waals surface area (Å²) in [5, 5.41) is 15.7. The third kappa shape index (κ3) is 2.21. The van der Waals surface area contributed by atoms with Crippen LogP contribution in [0, 0.1) is 0 Å². The Labute approximate surface area is 193 Å². The zero-order valence-electron chi connectivity index (χ0n) is 15.6. The van der Waals surface area contributed by atoms with E-state index in [0.29, 0.717) is 0 Å². The molecule has 8 aromatic rings. The first-order valence-electron chi connectivity index (χ1n) is 9.81. The van der Waals surface area contributed by atoms with Crippen molar-refractivity contribution >= 4 is 123 Å². The number of fused-ring (bicyclic) bond motifs is 9. The van der Waals surface area contributed by atoms with Crippen LogP contribution in [0.3, 0.4) is 0 Å². The van der Waals surface area contributed by atoms with Crippen LogP contribution >= 0.6 is 34.0 Å². The first-order valence-corrected chi connectivity index (χ1v) is 14.7. The SMILES string of the molecule is c1cc2cc3cc4c(cc3cc2s1)sc1c2cc3cc5ccsc5cc3cc2[te]c41. The van der Waals surface area contributed by atoms with Crippen LogP contribution in [0.15, 0.2) is 71.4 Å². The van der Waals surface area contributed by atoms with Gasteiger partial charge in [0.25, 0.3) is 0 Å². The van der Waals surface area contributed by atoms with E-state index in [1.165, 1.54) is 61.9 Å². The summed E-state index contributed by atoms with van der Waals surface area (Å²) >= 11 is 5.33. The molecule has 4 aromatic heterocycles. The fourth-order valence-electron chi connectivity index (χ4n) is 4.67. The molecule has 0 atom stereocenters. The van der Waals surface area contributed by atoms with Gasteiger partial charge >= 0.3 is 195 Å². The normalized spacial score (nSPS) is 12.7. The van der Waals surface area contributed by atoms with Crippen molar-refractivity contribution in [3.8, 4) is 0 Å². The Bertz CT molecular complexity index is 1810. The van der Waals surface area contributed by atoms with E-state index in [1.807, 2.05) is 34.0 Å². The topological polar surface area (TPSA) is 0 Å². The minimum atomic E-state index is -0.351. The molecule has 8 rings (SSSR count). The number of hydrogen-bond donors (Lipinski definition) is 0. The van der Waals surface area contributed by atoms with E-state index >= 15 is 0 Å². The molecule has 0 spiro atoms. The summed E-state index contributed by atoms with van der Waals surface area (Å²) in [4.78, 5) is 0. The fourth-order valence-corrected chi connectivity index (χ4v) is 11.8. The predicted molar refractivity (Wildman–Crippen MR) is 140 cm³/mol. The maximum atomic E-state index is 2.49. The second kappa shape index (κ2) is 5.85. The van der Waals surface area contributed by atoms with Gasteiger partial charge in [0.15, 0.2) is 0 Å². The second-order valence-electron chi connectivity index (χ2n) is 7.87. The van der Waals surface area contributed by atoms with Gasteiger partial charge in [-0.05, 0) is 0 Å². The Morgan fingerprint density at radius 1 is 0.533 bits per heavy atom. The maximum absolute atomic E-state index is 2.49. The summed E-state index contributed by atoms with van der Waals surface area (Å²) in [6, 6.07) is 23.8. The van der Waals surface area contributed by atoms with Crippen molar-refractivity contribution in [1.82, 2.24) is 0 Å². The Morgan fingerprint density at radius 3 is 1.87 bits per heavy atom. The van der Waals surface area contributed by atoms with Crippen molar-refractivity contribution in [2.45, 2.75) is 0 Å². The van der Waals surface area contributed by atoms with Crippen molar-refractivity contribution < 1.29 is 0 Å². The molecular weight excluding hydrogens is 536 g/mol. The molecule has 0 unspecified atom stereocenters. The molecule has 0 saturated carbocycles. The molecule has 4 heteroatoms. The van der Waals surface area contributed by atoms with E-state index < -0.39 is 0 Å². The Kier molecular flexibility index (Phi) is 3.26. The molecule has 0 radical (unpaired) electrons. The molecule has 0 fully saturated rings. The molecule has 0 N–H and O–H groups in total. The molecule has 30 heavy (non-hydrogen) atoms. The molecule has 0 nitrogen and oxygen atoms in total. The molecule has 4 aromatic carbocycles. The van der Waals surface area contributed by atoms with Crippen LogP contribution in [0.2, 0.25) is 0 Å². The van der Waals surface area contributed by atoms with Gasteiger partial charge in [-0.3, -0.25) is 0 Å². The zero-order chi connectivity index (χ0) is 19.4. The van der Waals surface area contributed by atoms with Crippen LogP contribution in [-0.4, -0.2) is 20.4 Å².